The van der Waals surface area contributed by atoms with Gasteiger partial charge in [-0.05, 0) is 38.1 Å². The first-order valence-corrected chi connectivity index (χ1v) is 5.81. The van der Waals surface area contributed by atoms with Gasteiger partial charge in [0.05, 0.1) is 5.60 Å². The molecule has 0 unspecified atom stereocenters. The molecule has 1 rings (SSSR count). The number of likely N-dealkylation sites (N-methyl/N-ethyl adjacent to an activating group) is 1. The van der Waals surface area contributed by atoms with Crippen molar-refractivity contribution in [1.82, 2.24) is 4.90 Å². The molecule has 5 heteroatoms. The highest BCUT2D eigenvalue weighted by Crippen LogP contribution is 2.16. The lowest BCUT2D eigenvalue weighted by atomic mass is 10.1. The van der Waals surface area contributed by atoms with Crippen LogP contribution in [0.1, 0.15) is 26.3 Å². The third-order valence-corrected chi connectivity index (χ3v) is 2.51. The molecule has 0 bridgehead atoms. The summed E-state index contributed by atoms with van der Waals surface area (Å²) in [6.07, 6.45) is 0. The van der Waals surface area contributed by atoms with E-state index in [1.165, 1.54) is 0 Å². The van der Waals surface area contributed by atoms with E-state index in [1.807, 2.05) is 11.8 Å². The lowest BCUT2D eigenvalue weighted by Crippen LogP contribution is -2.38. The van der Waals surface area contributed by atoms with Crippen LogP contribution in [-0.4, -0.2) is 28.7 Å². The molecule has 0 amide bonds. The van der Waals surface area contributed by atoms with E-state index in [0.29, 0.717) is 18.7 Å². The maximum Gasteiger partial charge on any atom is 0.194 e. The van der Waals surface area contributed by atoms with Gasteiger partial charge in [0.2, 0.25) is 0 Å². The Morgan fingerprint density at radius 2 is 1.67 bits per heavy atom. The van der Waals surface area contributed by atoms with E-state index >= 15 is 0 Å². The van der Waals surface area contributed by atoms with Gasteiger partial charge in [0, 0.05) is 13.1 Å². The van der Waals surface area contributed by atoms with Gasteiger partial charge >= 0.3 is 0 Å². The van der Waals surface area contributed by atoms with E-state index in [0.717, 1.165) is 12.1 Å². The van der Waals surface area contributed by atoms with Crippen LogP contribution in [0.15, 0.2) is 12.1 Å². The molecule has 0 fully saturated rings. The van der Waals surface area contributed by atoms with Gasteiger partial charge in [0.25, 0.3) is 0 Å². The first-order chi connectivity index (χ1) is 8.23. The molecule has 0 aliphatic heterocycles. The van der Waals surface area contributed by atoms with Crippen LogP contribution < -0.4 is 0 Å². The van der Waals surface area contributed by atoms with Gasteiger partial charge in [-0.15, -0.1) is 0 Å². The zero-order valence-corrected chi connectivity index (χ0v) is 10.8. The maximum absolute atomic E-state index is 13.0. The summed E-state index contributed by atoms with van der Waals surface area (Å²) in [5, 5.41) is 9.70. The highest BCUT2D eigenvalue weighted by molar-refractivity contribution is 5.19. The largest absolute Gasteiger partial charge is 0.389 e. The van der Waals surface area contributed by atoms with E-state index in [1.54, 1.807) is 13.8 Å². The molecule has 0 aliphatic rings. The Balaban J connectivity index is 2.82. The topological polar surface area (TPSA) is 23.5 Å². The molecule has 0 spiro atoms. The third kappa shape index (κ3) is 4.31. The summed E-state index contributed by atoms with van der Waals surface area (Å²) in [5.41, 5.74) is -0.551. The number of benzene rings is 1. The maximum atomic E-state index is 13.0. The predicted molar refractivity (Wildman–Crippen MR) is 63.6 cm³/mol. The first-order valence-electron chi connectivity index (χ1n) is 5.81. The van der Waals surface area contributed by atoms with Gasteiger partial charge in [-0.25, -0.2) is 13.2 Å². The number of hydrogen-bond donors (Lipinski definition) is 1. The number of halogens is 3. The molecule has 0 aromatic heterocycles. The Kier molecular flexibility index (Phi) is 4.76. The van der Waals surface area contributed by atoms with Crippen LogP contribution in [0.4, 0.5) is 13.2 Å². The molecular weight excluding hydrogens is 243 g/mol. The Bertz CT molecular complexity index is 392. The monoisotopic (exact) mass is 261 g/mol. The van der Waals surface area contributed by atoms with Crippen molar-refractivity contribution in [3.63, 3.8) is 0 Å². The molecule has 1 aromatic carbocycles. The van der Waals surface area contributed by atoms with E-state index in [4.69, 9.17) is 0 Å². The molecule has 0 aliphatic carbocycles. The highest BCUT2D eigenvalue weighted by atomic mass is 19.2. The van der Waals surface area contributed by atoms with Crippen molar-refractivity contribution >= 4 is 0 Å². The van der Waals surface area contributed by atoms with Gasteiger partial charge in [0.15, 0.2) is 17.5 Å². The second-order valence-electron chi connectivity index (χ2n) is 4.99. The van der Waals surface area contributed by atoms with Crippen LogP contribution >= 0.6 is 0 Å². The minimum Gasteiger partial charge on any atom is -0.389 e. The van der Waals surface area contributed by atoms with Crippen molar-refractivity contribution in [3.05, 3.63) is 35.1 Å². The van der Waals surface area contributed by atoms with Crippen molar-refractivity contribution in [2.45, 2.75) is 32.9 Å². The fraction of sp³-hybridized carbons (Fsp3) is 0.538. The second-order valence-corrected chi connectivity index (χ2v) is 4.99. The summed E-state index contributed by atoms with van der Waals surface area (Å²) in [4.78, 5) is 1.83. The molecule has 102 valence electrons. The van der Waals surface area contributed by atoms with Gasteiger partial charge in [-0.1, -0.05) is 6.92 Å². The average molecular weight is 261 g/mol. The third-order valence-electron chi connectivity index (χ3n) is 2.51. The fourth-order valence-corrected chi connectivity index (χ4v) is 1.78. The van der Waals surface area contributed by atoms with Gasteiger partial charge in [-0.2, -0.15) is 0 Å². The molecular formula is C13H18F3NO. The van der Waals surface area contributed by atoms with Crippen LogP contribution in [-0.2, 0) is 6.54 Å². The second kappa shape index (κ2) is 5.71. The quantitative estimate of drug-likeness (QED) is 0.824. The molecule has 1 aromatic rings. The summed E-state index contributed by atoms with van der Waals surface area (Å²) >= 11 is 0. The van der Waals surface area contributed by atoms with Gasteiger partial charge in [0.1, 0.15) is 0 Å². The molecule has 1 N–H and O–H groups in total. The minimum absolute atomic E-state index is 0.259. The van der Waals surface area contributed by atoms with Gasteiger partial charge < -0.3 is 5.11 Å². The van der Waals surface area contributed by atoms with Crippen LogP contribution in [0.2, 0.25) is 0 Å². The Morgan fingerprint density at radius 1 is 1.17 bits per heavy atom. The number of nitrogens with zero attached hydrogens (tertiary/aromatic N) is 1. The van der Waals surface area contributed by atoms with E-state index in [-0.39, 0.29) is 6.54 Å². The SMILES string of the molecule is CCN(Cc1cc(F)c(F)c(F)c1)CC(C)(C)O. The smallest absolute Gasteiger partial charge is 0.194 e. The van der Waals surface area contributed by atoms with Crippen molar-refractivity contribution in [1.29, 1.82) is 0 Å². The van der Waals surface area contributed by atoms with Crippen LogP contribution in [0.3, 0.4) is 0 Å². The zero-order valence-electron chi connectivity index (χ0n) is 10.8. The fourth-order valence-electron chi connectivity index (χ4n) is 1.78. The summed E-state index contributed by atoms with van der Waals surface area (Å²) in [6, 6.07) is 1.96. The molecule has 0 heterocycles. The molecule has 18 heavy (non-hydrogen) atoms. The highest BCUT2D eigenvalue weighted by Gasteiger charge is 2.18. The van der Waals surface area contributed by atoms with Crippen molar-refractivity contribution in [2.24, 2.45) is 0 Å². The van der Waals surface area contributed by atoms with Crippen molar-refractivity contribution in [3.8, 4) is 0 Å². The molecule has 0 radical (unpaired) electrons. The summed E-state index contributed by atoms with van der Waals surface area (Å²) in [6.45, 7) is 6.42. The van der Waals surface area contributed by atoms with Gasteiger partial charge in [-0.3, -0.25) is 4.90 Å². The van der Waals surface area contributed by atoms with E-state index in [2.05, 4.69) is 0 Å². The molecule has 2 nitrogen and oxygen atoms in total. The Hall–Kier alpha value is -1.07. The molecule has 0 atom stereocenters. The average Bonchev–Trinajstić information content (AvgIpc) is 2.23. The predicted octanol–water partition coefficient (Wildman–Crippen LogP) is 2.70. The first kappa shape index (κ1) is 15.0. The molecule has 0 saturated heterocycles. The zero-order chi connectivity index (χ0) is 13.9. The normalized spacial score (nSPS) is 12.2. The lowest BCUT2D eigenvalue weighted by Gasteiger charge is -2.28. The number of aliphatic hydroxyl groups is 1. The molecule has 0 saturated carbocycles. The van der Waals surface area contributed by atoms with Crippen LogP contribution in [0.25, 0.3) is 0 Å². The number of hydrogen-bond acceptors (Lipinski definition) is 2. The van der Waals surface area contributed by atoms with Crippen molar-refractivity contribution in [2.75, 3.05) is 13.1 Å². The van der Waals surface area contributed by atoms with Crippen LogP contribution in [0, 0.1) is 17.5 Å². The standard InChI is InChI=1S/C13H18F3NO/c1-4-17(8-13(2,3)18)7-9-5-10(14)12(16)11(15)6-9/h5-6,18H,4,7-8H2,1-3H3. The number of rotatable bonds is 5. The van der Waals surface area contributed by atoms with E-state index in [9.17, 15) is 18.3 Å². The van der Waals surface area contributed by atoms with E-state index < -0.39 is 23.1 Å². The summed E-state index contributed by atoms with van der Waals surface area (Å²) in [5.74, 6) is -3.84. The lowest BCUT2D eigenvalue weighted by molar-refractivity contribution is 0.0353. The minimum atomic E-state index is -1.45. The van der Waals surface area contributed by atoms with Crippen molar-refractivity contribution < 1.29 is 18.3 Å². The Morgan fingerprint density at radius 3 is 2.06 bits per heavy atom. The summed E-state index contributed by atoms with van der Waals surface area (Å²) < 4.78 is 38.9. The summed E-state index contributed by atoms with van der Waals surface area (Å²) in [7, 11) is 0. The Labute approximate surface area is 105 Å². The van der Waals surface area contributed by atoms with Crippen LogP contribution in [0.5, 0.6) is 0 Å².